The van der Waals surface area contributed by atoms with Gasteiger partial charge in [0, 0.05) is 39.1 Å². The summed E-state index contributed by atoms with van der Waals surface area (Å²) in [5.41, 5.74) is 2.62. The highest BCUT2D eigenvalue weighted by atomic mass is 16.2. The molecule has 0 spiro atoms. The van der Waals surface area contributed by atoms with Crippen molar-refractivity contribution in [1.29, 1.82) is 0 Å². The number of carbonyl (C=O) groups excluding carboxylic acids is 1. The van der Waals surface area contributed by atoms with Gasteiger partial charge in [0.15, 0.2) is 0 Å². The van der Waals surface area contributed by atoms with Crippen LogP contribution in [0.1, 0.15) is 24.5 Å². The molecule has 0 aromatic heterocycles. The first-order chi connectivity index (χ1) is 8.69. The quantitative estimate of drug-likeness (QED) is 0.815. The molecule has 1 aromatic rings. The first kappa shape index (κ1) is 13.1. The van der Waals surface area contributed by atoms with Crippen molar-refractivity contribution < 1.29 is 4.79 Å². The average Bonchev–Trinajstić information content (AvgIpc) is 2.55. The van der Waals surface area contributed by atoms with Crippen LogP contribution in [0.25, 0.3) is 0 Å². The molecule has 3 heteroatoms. The minimum atomic E-state index is 0.295. The van der Waals surface area contributed by atoms with Gasteiger partial charge in [0.2, 0.25) is 5.91 Å². The lowest BCUT2D eigenvalue weighted by molar-refractivity contribution is -0.130. The molecule has 0 radical (unpaired) electrons. The van der Waals surface area contributed by atoms with Crippen LogP contribution in [0.2, 0.25) is 0 Å². The zero-order valence-corrected chi connectivity index (χ0v) is 11.4. The second-order valence-corrected chi connectivity index (χ2v) is 4.99. The molecular formula is C15H22N2O. The maximum Gasteiger partial charge on any atom is 0.223 e. The molecule has 18 heavy (non-hydrogen) atoms. The van der Waals surface area contributed by atoms with Gasteiger partial charge in [-0.05, 0) is 19.4 Å². The van der Waals surface area contributed by atoms with Crippen molar-refractivity contribution in [1.82, 2.24) is 9.80 Å². The number of nitrogens with zero attached hydrogens (tertiary/aromatic N) is 2. The molecule has 0 bridgehead atoms. The predicted octanol–water partition coefficient (Wildman–Crippen LogP) is 2.05. The predicted molar refractivity (Wildman–Crippen MR) is 73.3 cm³/mol. The van der Waals surface area contributed by atoms with Crippen LogP contribution in [0.15, 0.2) is 24.3 Å². The van der Waals surface area contributed by atoms with Crippen molar-refractivity contribution in [3.63, 3.8) is 0 Å². The molecule has 0 N–H and O–H groups in total. The molecule has 0 aliphatic carbocycles. The summed E-state index contributed by atoms with van der Waals surface area (Å²) in [6.07, 6.45) is 0.652. The Labute approximate surface area is 109 Å². The molecule has 0 unspecified atom stereocenters. The van der Waals surface area contributed by atoms with Crippen LogP contribution in [0.3, 0.4) is 0 Å². The third-order valence-electron chi connectivity index (χ3n) is 3.59. The van der Waals surface area contributed by atoms with Crippen LogP contribution in [-0.4, -0.2) is 41.9 Å². The SMILES string of the molecule is CCN1CCN(Cc2ccc(C)cc2)CCC1=O. The van der Waals surface area contributed by atoms with Crippen LogP contribution in [0, 0.1) is 6.92 Å². The van der Waals surface area contributed by atoms with E-state index in [0.29, 0.717) is 12.3 Å². The monoisotopic (exact) mass is 246 g/mol. The third kappa shape index (κ3) is 3.33. The molecule has 0 atom stereocenters. The summed E-state index contributed by atoms with van der Waals surface area (Å²) in [7, 11) is 0. The maximum absolute atomic E-state index is 11.8. The number of hydrogen-bond acceptors (Lipinski definition) is 2. The molecule has 1 amide bonds. The van der Waals surface area contributed by atoms with Gasteiger partial charge >= 0.3 is 0 Å². The van der Waals surface area contributed by atoms with Gasteiger partial charge in [0.1, 0.15) is 0 Å². The maximum atomic E-state index is 11.8. The van der Waals surface area contributed by atoms with Crippen LogP contribution >= 0.6 is 0 Å². The number of carbonyl (C=O) groups is 1. The van der Waals surface area contributed by atoms with E-state index >= 15 is 0 Å². The fraction of sp³-hybridized carbons (Fsp3) is 0.533. The Morgan fingerprint density at radius 2 is 1.83 bits per heavy atom. The summed E-state index contributed by atoms with van der Waals surface area (Å²) in [4.78, 5) is 16.1. The van der Waals surface area contributed by atoms with Gasteiger partial charge < -0.3 is 4.90 Å². The summed E-state index contributed by atoms with van der Waals surface area (Å²) < 4.78 is 0. The summed E-state index contributed by atoms with van der Waals surface area (Å²) in [6, 6.07) is 8.66. The van der Waals surface area contributed by atoms with Gasteiger partial charge in [-0.25, -0.2) is 0 Å². The lowest BCUT2D eigenvalue weighted by Crippen LogP contribution is -2.32. The zero-order chi connectivity index (χ0) is 13.0. The molecule has 1 aliphatic rings. The highest BCUT2D eigenvalue weighted by molar-refractivity contribution is 5.76. The Balaban J connectivity index is 1.94. The molecule has 1 aliphatic heterocycles. The smallest absolute Gasteiger partial charge is 0.223 e. The molecule has 1 heterocycles. The second-order valence-electron chi connectivity index (χ2n) is 4.99. The number of aryl methyl sites for hydroxylation is 1. The van der Waals surface area contributed by atoms with Crippen molar-refractivity contribution in [3.05, 3.63) is 35.4 Å². The first-order valence-corrected chi connectivity index (χ1v) is 6.74. The van der Waals surface area contributed by atoms with E-state index in [-0.39, 0.29) is 0 Å². The fourth-order valence-corrected chi connectivity index (χ4v) is 2.35. The van der Waals surface area contributed by atoms with Gasteiger partial charge in [0.05, 0.1) is 0 Å². The third-order valence-corrected chi connectivity index (χ3v) is 3.59. The molecule has 2 rings (SSSR count). The molecule has 0 saturated carbocycles. The molecule has 98 valence electrons. The van der Waals surface area contributed by atoms with Crippen molar-refractivity contribution in [2.24, 2.45) is 0 Å². The largest absolute Gasteiger partial charge is 0.342 e. The molecular weight excluding hydrogens is 224 g/mol. The Hall–Kier alpha value is -1.35. The zero-order valence-electron chi connectivity index (χ0n) is 11.4. The van der Waals surface area contributed by atoms with Gasteiger partial charge in [-0.3, -0.25) is 9.69 Å². The first-order valence-electron chi connectivity index (χ1n) is 6.74. The standard InChI is InChI=1S/C15H22N2O/c1-3-17-11-10-16(9-8-15(17)18)12-14-6-4-13(2)5-7-14/h4-7H,3,8-12H2,1-2H3. The minimum absolute atomic E-state index is 0.295. The van der Waals surface area contributed by atoms with Gasteiger partial charge in [-0.2, -0.15) is 0 Å². The van der Waals surface area contributed by atoms with E-state index in [1.807, 2.05) is 11.8 Å². The van der Waals surface area contributed by atoms with E-state index in [0.717, 1.165) is 32.7 Å². The topological polar surface area (TPSA) is 23.6 Å². The average molecular weight is 246 g/mol. The number of rotatable bonds is 3. The fourth-order valence-electron chi connectivity index (χ4n) is 2.35. The Bertz CT molecular complexity index is 399. The summed E-state index contributed by atoms with van der Waals surface area (Å²) >= 11 is 0. The molecule has 1 aromatic carbocycles. The van der Waals surface area contributed by atoms with Crippen molar-refractivity contribution >= 4 is 5.91 Å². The number of amides is 1. The van der Waals surface area contributed by atoms with E-state index in [1.54, 1.807) is 0 Å². The van der Waals surface area contributed by atoms with Gasteiger partial charge in [0.25, 0.3) is 0 Å². The van der Waals surface area contributed by atoms with Gasteiger partial charge in [-0.1, -0.05) is 29.8 Å². The molecule has 1 saturated heterocycles. The summed E-state index contributed by atoms with van der Waals surface area (Å²) in [5.74, 6) is 0.295. The Morgan fingerprint density at radius 3 is 2.50 bits per heavy atom. The Kier molecular flexibility index (Phi) is 4.37. The summed E-state index contributed by atoms with van der Waals surface area (Å²) in [5, 5.41) is 0. The van der Waals surface area contributed by atoms with Crippen molar-refractivity contribution in [2.45, 2.75) is 26.8 Å². The molecule has 3 nitrogen and oxygen atoms in total. The number of likely N-dealkylation sites (N-methyl/N-ethyl adjacent to an activating group) is 1. The van der Waals surface area contributed by atoms with Crippen LogP contribution < -0.4 is 0 Å². The van der Waals surface area contributed by atoms with E-state index in [1.165, 1.54) is 11.1 Å². The Morgan fingerprint density at radius 1 is 1.11 bits per heavy atom. The normalized spacial score (nSPS) is 17.9. The lowest BCUT2D eigenvalue weighted by atomic mass is 10.1. The number of benzene rings is 1. The van der Waals surface area contributed by atoms with Crippen molar-refractivity contribution in [3.8, 4) is 0 Å². The van der Waals surface area contributed by atoms with Crippen molar-refractivity contribution in [2.75, 3.05) is 26.2 Å². The minimum Gasteiger partial charge on any atom is -0.342 e. The van der Waals surface area contributed by atoms with E-state index in [9.17, 15) is 4.79 Å². The second kappa shape index (κ2) is 6.01. The van der Waals surface area contributed by atoms with E-state index in [4.69, 9.17) is 0 Å². The highest BCUT2D eigenvalue weighted by Gasteiger charge is 2.19. The lowest BCUT2D eigenvalue weighted by Gasteiger charge is -2.21. The highest BCUT2D eigenvalue weighted by Crippen LogP contribution is 2.10. The number of hydrogen-bond donors (Lipinski definition) is 0. The van der Waals surface area contributed by atoms with Crippen LogP contribution in [-0.2, 0) is 11.3 Å². The van der Waals surface area contributed by atoms with Crippen LogP contribution in [0.5, 0.6) is 0 Å². The molecule has 1 fully saturated rings. The van der Waals surface area contributed by atoms with E-state index < -0.39 is 0 Å². The van der Waals surface area contributed by atoms with E-state index in [2.05, 4.69) is 36.1 Å². The van der Waals surface area contributed by atoms with Crippen LogP contribution in [0.4, 0.5) is 0 Å². The van der Waals surface area contributed by atoms with Gasteiger partial charge in [-0.15, -0.1) is 0 Å². The summed E-state index contributed by atoms with van der Waals surface area (Å²) in [6.45, 7) is 8.65.